The number of ether oxygens (including phenoxy) is 2. The molecule has 2 unspecified atom stereocenters. The van der Waals surface area contributed by atoms with Gasteiger partial charge in [-0.3, -0.25) is 4.79 Å². The Kier molecular flexibility index (Phi) is 4.28. The van der Waals surface area contributed by atoms with Crippen molar-refractivity contribution < 1.29 is 19.4 Å². The van der Waals surface area contributed by atoms with Gasteiger partial charge in [0.05, 0.1) is 30.6 Å². The highest BCUT2D eigenvalue weighted by Gasteiger charge is 2.53. The number of carbonyl (C=O) groups is 1. The lowest BCUT2D eigenvalue weighted by molar-refractivity contribution is -0.353. The van der Waals surface area contributed by atoms with Crippen LogP contribution in [0.4, 0.5) is 0 Å². The van der Waals surface area contributed by atoms with Crippen molar-refractivity contribution in [1.29, 1.82) is 5.26 Å². The first kappa shape index (κ1) is 15.9. The van der Waals surface area contributed by atoms with Crippen molar-refractivity contribution in [3.8, 4) is 6.07 Å². The van der Waals surface area contributed by atoms with E-state index in [2.05, 4.69) is 6.07 Å². The Labute approximate surface area is 114 Å². The zero-order valence-corrected chi connectivity index (χ0v) is 12.3. The molecule has 108 valence electrons. The summed E-state index contributed by atoms with van der Waals surface area (Å²) in [4.78, 5) is 11.2. The van der Waals surface area contributed by atoms with Gasteiger partial charge >= 0.3 is 5.97 Å². The van der Waals surface area contributed by atoms with Gasteiger partial charge in [0.25, 0.3) is 0 Å². The maximum absolute atomic E-state index is 11.2. The van der Waals surface area contributed by atoms with E-state index >= 15 is 0 Å². The van der Waals surface area contributed by atoms with Crippen LogP contribution in [-0.4, -0.2) is 28.6 Å². The number of hydrogen-bond acceptors (Lipinski definition) is 4. The molecule has 1 rings (SSSR count). The Morgan fingerprint density at radius 1 is 1.47 bits per heavy atom. The smallest absolute Gasteiger partial charge is 0.306 e. The molecule has 0 aromatic rings. The monoisotopic (exact) mass is 269 g/mol. The van der Waals surface area contributed by atoms with Gasteiger partial charge in [-0.1, -0.05) is 20.8 Å². The number of nitriles is 1. The molecule has 0 amide bonds. The molecule has 0 aliphatic carbocycles. The third kappa shape index (κ3) is 3.68. The quantitative estimate of drug-likeness (QED) is 0.852. The van der Waals surface area contributed by atoms with Gasteiger partial charge in [-0.15, -0.1) is 0 Å². The van der Waals surface area contributed by atoms with Crippen LogP contribution in [0.2, 0.25) is 0 Å². The minimum absolute atomic E-state index is 0.0920. The lowest BCUT2D eigenvalue weighted by Gasteiger charge is -2.53. The van der Waals surface area contributed by atoms with E-state index in [1.54, 1.807) is 13.8 Å². The summed E-state index contributed by atoms with van der Waals surface area (Å²) >= 11 is 0. The second kappa shape index (κ2) is 5.10. The topological polar surface area (TPSA) is 79.5 Å². The van der Waals surface area contributed by atoms with E-state index in [0.717, 1.165) is 0 Å². The number of aliphatic carboxylic acids is 1. The Morgan fingerprint density at radius 3 is 2.47 bits per heavy atom. The van der Waals surface area contributed by atoms with Crippen LogP contribution in [0.25, 0.3) is 0 Å². The molecule has 0 spiro atoms. The molecule has 1 fully saturated rings. The summed E-state index contributed by atoms with van der Waals surface area (Å²) < 4.78 is 11.7. The van der Waals surface area contributed by atoms with Crippen molar-refractivity contribution in [3.05, 3.63) is 0 Å². The second-order valence-electron chi connectivity index (χ2n) is 6.62. The lowest BCUT2D eigenvalue weighted by atomic mass is 9.70. The van der Waals surface area contributed by atoms with E-state index < -0.39 is 17.4 Å². The van der Waals surface area contributed by atoms with Crippen LogP contribution in [0.5, 0.6) is 0 Å². The average Bonchev–Trinajstić information content (AvgIpc) is 2.11. The third-order valence-corrected chi connectivity index (χ3v) is 3.57. The molecule has 2 atom stereocenters. The molecule has 0 saturated carbocycles. The van der Waals surface area contributed by atoms with Gasteiger partial charge in [0.15, 0.2) is 5.79 Å². The predicted octanol–water partition coefficient (Wildman–Crippen LogP) is 2.70. The highest BCUT2D eigenvalue weighted by atomic mass is 16.7. The maximum atomic E-state index is 11.2. The molecule has 5 nitrogen and oxygen atoms in total. The fraction of sp³-hybridized carbons (Fsp3) is 0.857. The van der Waals surface area contributed by atoms with Gasteiger partial charge in [0.2, 0.25) is 0 Å². The minimum Gasteiger partial charge on any atom is -0.481 e. The summed E-state index contributed by atoms with van der Waals surface area (Å²) in [5, 5.41) is 18.1. The van der Waals surface area contributed by atoms with Gasteiger partial charge in [-0.25, -0.2) is 0 Å². The van der Waals surface area contributed by atoms with Crippen molar-refractivity contribution in [2.45, 2.75) is 71.4 Å². The van der Waals surface area contributed by atoms with E-state index in [9.17, 15) is 9.90 Å². The van der Waals surface area contributed by atoms with E-state index in [1.165, 1.54) is 0 Å². The Balaban J connectivity index is 3.14. The molecule has 0 radical (unpaired) electrons. The summed E-state index contributed by atoms with van der Waals surface area (Å²) in [6, 6.07) is 2.09. The molecule has 0 aromatic carbocycles. The number of hydrogen-bond donors (Lipinski definition) is 1. The Bertz CT molecular complexity index is 391. The van der Waals surface area contributed by atoms with Crippen molar-refractivity contribution in [2.24, 2.45) is 5.41 Å². The zero-order valence-electron chi connectivity index (χ0n) is 12.3. The summed E-state index contributed by atoms with van der Waals surface area (Å²) in [5.41, 5.74) is -1.19. The maximum Gasteiger partial charge on any atom is 0.306 e. The molecule has 1 aliphatic rings. The first-order valence-electron chi connectivity index (χ1n) is 6.48. The third-order valence-electron chi connectivity index (χ3n) is 3.57. The Morgan fingerprint density at radius 2 is 2.05 bits per heavy atom. The fourth-order valence-corrected chi connectivity index (χ4v) is 2.64. The molecular formula is C14H23NO4. The van der Waals surface area contributed by atoms with Crippen molar-refractivity contribution >= 4 is 5.97 Å². The molecule has 1 heterocycles. The Hall–Kier alpha value is -1.12. The van der Waals surface area contributed by atoms with Crippen LogP contribution in [0.3, 0.4) is 0 Å². The number of rotatable bonds is 3. The molecule has 19 heavy (non-hydrogen) atoms. The van der Waals surface area contributed by atoms with Crippen LogP contribution in [0, 0.1) is 16.7 Å². The molecule has 1 saturated heterocycles. The first-order chi connectivity index (χ1) is 8.51. The van der Waals surface area contributed by atoms with E-state index in [4.69, 9.17) is 14.7 Å². The SMILES string of the molecule is CC1(C)OC(CC#N)CC(CC(=O)O)(C(C)(C)C)O1. The molecule has 0 bridgehead atoms. The van der Waals surface area contributed by atoms with E-state index in [-0.39, 0.29) is 24.4 Å². The number of carboxylic acid groups (broad SMARTS) is 1. The first-order valence-corrected chi connectivity index (χ1v) is 6.48. The van der Waals surface area contributed by atoms with E-state index in [1.807, 2.05) is 20.8 Å². The van der Waals surface area contributed by atoms with Crippen molar-refractivity contribution in [3.63, 3.8) is 0 Å². The zero-order chi connectivity index (χ0) is 14.9. The summed E-state index contributed by atoms with van der Waals surface area (Å²) in [5.74, 6) is -1.79. The second-order valence-corrected chi connectivity index (χ2v) is 6.62. The molecule has 1 N–H and O–H groups in total. The molecule has 5 heteroatoms. The fourth-order valence-electron chi connectivity index (χ4n) is 2.64. The van der Waals surface area contributed by atoms with E-state index in [0.29, 0.717) is 6.42 Å². The lowest BCUT2D eigenvalue weighted by Crippen LogP contribution is -2.59. The van der Waals surface area contributed by atoms with Crippen molar-refractivity contribution in [2.75, 3.05) is 0 Å². The van der Waals surface area contributed by atoms with Gasteiger partial charge in [0.1, 0.15) is 0 Å². The van der Waals surface area contributed by atoms with Gasteiger partial charge in [0, 0.05) is 6.42 Å². The number of nitrogens with zero attached hydrogens (tertiary/aromatic N) is 1. The average molecular weight is 269 g/mol. The highest BCUT2D eigenvalue weighted by molar-refractivity contribution is 5.68. The largest absolute Gasteiger partial charge is 0.481 e. The summed E-state index contributed by atoms with van der Waals surface area (Å²) in [6.07, 6.45) is 0.266. The molecular weight excluding hydrogens is 246 g/mol. The minimum atomic E-state index is -0.900. The normalized spacial score (nSPS) is 30.6. The van der Waals surface area contributed by atoms with Crippen LogP contribution < -0.4 is 0 Å². The van der Waals surface area contributed by atoms with Gasteiger partial charge < -0.3 is 14.6 Å². The molecule has 0 aromatic heterocycles. The van der Waals surface area contributed by atoms with Crippen molar-refractivity contribution in [1.82, 2.24) is 0 Å². The van der Waals surface area contributed by atoms with Gasteiger partial charge in [-0.2, -0.15) is 5.26 Å². The van der Waals surface area contributed by atoms with Crippen LogP contribution >= 0.6 is 0 Å². The van der Waals surface area contributed by atoms with Crippen LogP contribution in [0.15, 0.2) is 0 Å². The summed E-state index contributed by atoms with van der Waals surface area (Å²) in [6.45, 7) is 9.40. The highest BCUT2D eigenvalue weighted by Crippen LogP contribution is 2.47. The van der Waals surface area contributed by atoms with Crippen LogP contribution in [0.1, 0.15) is 53.9 Å². The van der Waals surface area contributed by atoms with Gasteiger partial charge in [-0.05, 0) is 19.3 Å². The number of carboxylic acids is 1. The van der Waals surface area contributed by atoms with Crippen LogP contribution in [-0.2, 0) is 14.3 Å². The summed E-state index contributed by atoms with van der Waals surface area (Å²) in [7, 11) is 0. The molecule has 1 aliphatic heterocycles. The predicted molar refractivity (Wildman–Crippen MR) is 69.3 cm³/mol. The standard InChI is InChI=1S/C14H23NO4/c1-12(2,3)14(9-11(16)17)8-10(6-7-15)18-13(4,5)19-14/h10H,6,8-9H2,1-5H3,(H,16,17).